The van der Waals surface area contributed by atoms with Gasteiger partial charge in [-0.2, -0.15) is 0 Å². The number of halogens is 2. The van der Waals surface area contributed by atoms with Gasteiger partial charge in [0.2, 0.25) is 15.9 Å². The number of benzene rings is 1. The van der Waals surface area contributed by atoms with E-state index in [2.05, 4.69) is 35.1 Å². The molecule has 1 N–H and O–H groups in total. The quantitative estimate of drug-likeness (QED) is 0.458. The number of amides is 1. The van der Waals surface area contributed by atoms with Crippen molar-refractivity contribution in [3.8, 4) is 0 Å². The van der Waals surface area contributed by atoms with Crippen molar-refractivity contribution in [2.24, 2.45) is 5.92 Å². The second-order valence-electron chi connectivity index (χ2n) is 6.76. The Hall–Kier alpha value is -0.790. The van der Waals surface area contributed by atoms with E-state index in [0.29, 0.717) is 40.5 Å². The summed E-state index contributed by atoms with van der Waals surface area (Å²) in [6.45, 7) is 5.22. The van der Waals surface area contributed by atoms with Crippen molar-refractivity contribution in [1.29, 1.82) is 0 Å². The standard InChI is InChI=1S/C19H30BrClN2O3S/c1-4-6-8-15(5-2)14-22-19(24)9-7-12-23(27(3,25)26)16-10-11-17(20)18(21)13-16/h10-11,13,15H,4-9,12,14H2,1-3H3,(H,22,24). The summed E-state index contributed by atoms with van der Waals surface area (Å²) in [5.74, 6) is 0.471. The molecule has 0 aliphatic carbocycles. The topological polar surface area (TPSA) is 66.5 Å². The predicted octanol–water partition coefficient (Wildman–Crippen LogP) is 4.98. The Labute approximate surface area is 177 Å². The zero-order valence-corrected chi connectivity index (χ0v) is 19.5. The van der Waals surface area contributed by atoms with Gasteiger partial charge >= 0.3 is 0 Å². The minimum Gasteiger partial charge on any atom is -0.356 e. The van der Waals surface area contributed by atoms with Gasteiger partial charge in [0, 0.05) is 24.0 Å². The molecule has 1 amide bonds. The number of unbranched alkanes of at least 4 members (excludes halogenated alkanes) is 1. The number of nitrogens with zero attached hydrogens (tertiary/aromatic N) is 1. The fourth-order valence-electron chi connectivity index (χ4n) is 2.80. The lowest BCUT2D eigenvalue weighted by atomic mass is 9.99. The van der Waals surface area contributed by atoms with Gasteiger partial charge in [-0.05, 0) is 52.9 Å². The van der Waals surface area contributed by atoms with Crippen LogP contribution < -0.4 is 9.62 Å². The third-order valence-corrected chi connectivity index (χ3v) is 6.91. The third-order valence-electron chi connectivity index (χ3n) is 4.49. The van der Waals surface area contributed by atoms with E-state index in [9.17, 15) is 13.2 Å². The highest BCUT2D eigenvalue weighted by atomic mass is 79.9. The van der Waals surface area contributed by atoms with E-state index in [4.69, 9.17) is 11.6 Å². The maximum Gasteiger partial charge on any atom is 0.232 e. The molecular formula is C19H30BrClN2O3S. The van der Waals surface area contributed by atoms with E-state index in [1.54, 1.807) is 18.2 Å². The van der Waals surface area contributed by atoms with Crippen molar-refractivity contribution in [3.63, 3.8) is 0 Å². The maximum atomic E-state index is 12.1. The van der Waals surface area contributed by atoms with Gasteiger partial charge in [-0.1, -0.05) is 44.7 Å². The molecular weight excluding hydrogens is 452 g/mol. The molecule has 1 rings (SSSR count). The van der Waals surface area contributed by atoms with E-state index < -0.39 is 10.0 Å². The molecule has 154 valence electrons. The summed E-state index contributed by atoms with van der Waals surface area (Å²) >= 11 is 9.38. The minimum atomic E-state index is -3.46. The number of carbonyl (C=O) groups excluding carboxylic acids is 1. The average molecular weight is 482 g/mol. The van der Waals surface area contributed by atoms with Crippen molar-refractivity contribution >= 4 is 49.1 Å². The monoisotopic (exact) mass is 480 g/mol. The molecule has 0 fully saturated rings. The first-order valence-corrected chi connectivity index (χ1v) is 12.4. The molecule has 1 aromatic rings. The van der Waals surface area contributed by atoms with Gasteiger partial charge in [0.25, 0.3) is 0 Å². The van der Waals surface area contributed by atoms with Crippen LogP contribution in [0, 0.1) is 5.92 Å². The number of nitrogens with one attached hydrogen (secondary N) is 1. The van der Waals surface area contributed by atoms with Crippen LogP contribution in [0.2, 0.25) is 5.02 Å². The van der Waals surface area contributed by atoms with Crippen LogP contribution in [-0.4, -0.2) is 33.7 Å². The number of anilines is 1. The summed E-state index contributed by atoms with van der Waals surface area (Å²) in [6.07, 6.45) is 6.40. The first-order valence-electron chi connectivity index (χ1n) is 9.38. The SMILES string of the molecule is CCCCC(CC)CNC(=O)CCCN(c1ccc(Br)c(Cl)c1)S(C)(=O)=O. The van der Waals surface area contributed by atoms with Crippen LogP contribution in [0.4, 0.5) is 5.69 Å². The summed E-state index contributed by atoms with van der Waals surface area (Å²) in [7, 11) is -3.46. The lowest BCUT2D eigenvalue weighted by Crippen LogP contribution is -2.33. The van der Waals surface area contributed by atoms with Crippen LogP contribution in [0.15, 0.2) is 22.7 Å². The molecule has 5 nitrogen and oxygen atoms in total. The first-order chi connectivity index (χ1) is 12.7. The second kappa shape index (κ2) is 11.9. The summed E-state index contributed by atoms with van der Waals surface area (Å²) in [5.41, 5.74) is 0.497. The van der Waals surface area contributed by atoms with Crippen molar-refractivity contribution < 1.29 is 13.2 Å². The molecule has 0 spiro atoms. The fourth-order valence-corrected chi connectivity index (χ4v) is 4.18. The summed E-state index contributed by atoms with van der Waals surface area (Å²) in [6, 6.07) is 5.01. The molecule has 1 atom stereocenters. The Morgan fingerprint density at radius 2 is 2.00 bits per heavy atom. The number of hydrogen-bond donors (Lipinski definition) is 1. The molecule has 1 aromatic carbocycles. The van der Waals surface area contributed by atoms with E-state index in [0.717, 1.165) is 25.5 Å². The molecule has 0 heterocycles. The zero-order chi connectivity index (χ0) is 20.4. The van der Waals surface area contributed by atoms with Crippen LogP contribution in [0.3, 0.4) is 0 Å². The largest absolute Gasteiger partial charge is 0.356 e. The molecule has 0 saturated carbocycles. The van der Waals surface area contributed by atoms with Gasteiger partial charge in [-0.15, -0.1) is 0 Å². The number of carbonyl (C=O) groups is 1. The summed E-state index contributed by atoms with van der Waals surface area (Å²) in [4.78, 5) is 12.1. The Kier molecular flexibility index (Phi) is 10.7. The minimum absolute atomic E-state index is 0.0350. The lowest BCUT2D eigenvalue weighted by Gasteiger charge is -2.23. The Morgan fingerprint density at radius 3 is 2.56 bits per heavy atom. The van der Waals surface area contributed by atoms with E-state index >= 15 is 0 Å². The summed E-state index contributed by atoms with van der Waals surface area (Å²) < 4.78 is 26.2. The number of rotatable bonds is 12. The molecule has 27 heavy (non-hydrogen) atoms. The van der Waals surface area contributed by atoms with Crippen molar-refractivity contribution in [2.45, 2.75) is 52.4 Å². The molecule has 0 aromatic heterocycles. The Bertz CT molecular complexity index is 713. The normalized spacial score (nSPS) is 12.6. The van der Waals surface area contributed by atoms with Gasteiger partial charge in [0.15, 0.2) is 0 Å². The number of hydrogen-bond acceptors (Lipinski definition) is 3. The smallest absolute Gasteiger partial charge is 0.232 e. The van der Waals surface area contributed by atoms with Crippen LogP contribution in [-0.2, 0) is 14.8 Å². The molecule has 0 bridgehead atoms. The third kappa shape index (κ3) is 8.83. The molecule has 0 radical (unpaired) electrons. The van der Waals surface area contributed by atoms with Gasteiger partial charge in [0.05, 0.1) is 17.0 Å². The highest BCUT2D eigenvalue weighted by molar-refractivity contribution is 9.10. The van der Waals surface area contributed by atoms with E-state index in [1.807, 2.05) is 0 Å². The fraction of sp³-hybridized carbons (Fsp3) is 0.632. The molecule has 1 unspecified atom stereocenters. The number of sulfonamides is 1. The van der Waals surface area contributed by atoms with Gasteiger partial charge < -0.3 is 5.32 Å². The van der Waals surface area contributed by atoms with Crippen LogP contribution >= 0.6 is 27.5 Å². The Morgan fingerprint density at radius 1 is 1.30 bits per heavy atom. The lowest BCUT2D eigenvalue weighted by molar-refractivity contribution is -0.121. The van der Waals surface area contributed by atoms with Crippen molar-refractivity contribution in [2.75, 3.05) is 23.7 Å². The molecule has 0 aliphatic heterocycles. The van der Waals surface area contributed by atoms with E-state index in [1.165, 1.54) is 10.7 Å². The van der Waals surface area contributed by atoms with Gasteiger partial charge in [-0.25, -0.2) is 8.42 Å². The average Bonchev–Trinajstić information content (AvgIpc) is 2.60. The Balaban J connectivity index is 2.57. The van der Waals surface area contributed by atoms with Crippen LogP contribution in [0.1, 0.15) is 52.4 Å². The van der Waals surface area contributed by atoms with Crippen LogP contribution in [0.25, 0.3) is 0 Å². The maximum absolute atomic E-state index is 12.1. The van der Waals surface area contributed by atoms with Gasteiger partial charge in [0.1, 0.15) is 0 Å². The van der Waals surface area contributed by atoms with Gasteiger partial charge in [-0.3, -0.25) is 9.10 Å². The zero-order valence-electron chi connectivity index (χ0n) is 16.3. The predicted molar refractivity (Wildman–Crippen MR) is 117 cm³/mol. The molecule has 0 saturated heterocycles. The first kappa shape index (κ1) is 24.2. The molecule has 8 heteroatoms. The highest BCUT2D eigenvalue weighted by Gasteiger charge is 2.18. The second-order valence-corrected chi connectivity index (χ2v) is 9.93. The van der Waals surface area contributed by atoms with Crippen molar-refractivity contribution in [1.82, 2.24) is 5.32 Å². The van der Waals surface area contributed by atoms with Crippen molar-refractivity contribution in [3.05, 3.63) is 27.7 Å². The van der Waals surface area contributed by atoms with Crippen LogP contribution in [0.5, 0.6) is 0 Å². The molecule has 0 aliphatic rings. The van der Waals surface area contributed by atoms with E-state index in [-0.39, 0.29) is 12.5 Å². The summed E-state index contributed by atoms with van der Waals surface area (Å²) in [5, 5.41) is 3.42. The highest BCUT2D eigenvalue weighted by Crippen LogP contribution is 2.28.